The first-order valence-corrected chi connectivity index (χ1v) is 8.99. The second-order valence-electron chi connectivity index (χ2n) is 7.19. The molecule has 1 aromatic carbocycles. The van der Waals surface area contributed by atoms with E-state index in [0.717, 1.165) is 29.9 Å². The van der Waals surface area contributed by atoms with Gasteiger partial charge in [-0.3, -0.25) is 9.48 Å². The number of carbonyl (C=O) groups excluding carboxylic acids is 1. The van der Waals surface area contributed by atoms with Gasteiger partial charge in [0.15, 0.2) is 11.5 Å². The largest absolute Gasteiger partial charge is 0.332 e. The van der Waals surface area contributed by atoms with E-state index in [0.29, 0.717) is 36.2 Å². The van der Waals surface area contributed by atoms with Crippen LogP contribution in [0.25, 0.3) is 11.6 Å². The van der Waals surface area contributed by atoms with Crippen molar-refractivity contribution in [2.24, 2.45) is 7.05 Å². The minimum absolute atomic E-state index is 0.0491. The van der Waals surface area contributed by atoms with Crippen molar-refractivity contribution in [1.29, 1.82) is 0 Å². The van der Waals surface area contributed by atoms with Crippen LogP contribution in [-0.4, -0.2) is 30.7 Å². The van der Waals surface area contributed by atoms with Crippen molar-refractivity contribution in [3.8, 4) is 11.6 Å². The predicted molar refractivity (Wildman–Crippen MR) is 92.8 cm³/mol. The van der Waals surface area contributed by atoms with Crippen LogP contribution in [-0.2, 0) is 31.4 Å². The fraction of sp³-hybridized carbons (Fsp3) is 0.368. The summed E-state index contributed by atoms with van der Waals surface area (Å²) in [5, 5.41) is 8.57. The molecule has 7 nitrogen and oxygen atoms in total. The van der Waals surface area contributed by atoms with E-state index >= 15 is 0 Å². The van der Waals surface area contributed by atoms with E-state index in [1.54, 1.807) is 21.7 Å². The van der Waals surface area contributed by atoms with Crippen molar-refractivity contribution in [1.82, 2.24) is 24.8 Å². The van der Waals surface area contributed by atoms with Crippen LogP contribution in [0.5, 0.6) is 0 Å². The number of halogens is 1. The van der Waals surface area contributed by atoms with Crippen LogP contribution in [0.4, 0.5) is 4.39 Å². The van der Waals surface area contributed by atoms with Gasteiger partial charge in [-0.1, -0.05) is 17.3 Å². The average molecular weight is 367 g/mol. The third-order valence-corrected chi connectivity index (χ3v) is 5.15. The molecule has 2 aliphatic rings. The Morgan fingerprint density at radius 2 is 2.19 bits per heavy atom. The van der Waals surface area contributed by atoms with Crippen molar-refractivity contribution in [2.75, 3.05) is 0 Å². The molecule has 0 spiro atoms. The summed E-state index contributed by atoms with van der Waals surface area (Å²) in [6, 6.07) is 6.14. The molecule has 1 aliphatic carbocycles. The molecule has 3 heterocycles. The number of nitrogens with zero attached hydrogens (tertiary/aromatic N) is 5. The molecule has 0 unspecified atom stereocenters. The minimum Gasteiger partial charge on any atom is -0.332 e. The number of aromatic nitrogens is 4. The number of hydrogen-bond acceptors (Lipinski definition) is 5. The van der Waals surface area contributed by atoms with Crippen molar-refractivity contribution < 1.29 is 13.7 Å². The number of aryl methyl sites for hydroxylation is 1. The zero-order valence-electron chi connectivity index (χ0n) is 14.9. The normalized spacial score (nSPS) is 16.0. The molecule has 0 radical (unpaired) electrons. The van der Waals surface area contributed by atoms with Crippen molar-refractivity contribution in [3.63, 3.8) is 0 Å². The maximum absolute atomic E-state index is 13.4. The highest BCUT2D eigenvalue weighted by atomic mass is 19.1. The minimum atomic E-state index is -0.334. The Morgan fingerprint density at radius 1 is 1.33 bits per heavy atom. The fourth-order valence-corrected chi connectivity index (χ4v) is 3.51. The van der Waals surface area contributed by atoms with Gasteiger partial charge >= 0.3 is 0 Å². The summed E-state index contributed by atoms with van der Waals surface area (Å²) in [6.45, 7) is 0.907. The van der Waals surface area contributed by atoms with Crippen molar-refractivity contribution in [2.45, 2.75) is 38.3 Å². The molecule has 3 aromatic rings. The lowest BCUT2D eigenvalue weighted by atomic mass is 10.1. The topological polar surface area (TPSA) is 77.1 Å². The number of rotatable bonds is 4. The van der Waals surface area contributed by atoms with Gasteiger partial charge in [-0.2, -0.15) is 10.1 Å². The van der Waals surface area contributed by atoms with Crippen LogP contribution in [0.15, 0.2) is 28.8 Å². The van der Waals surface area contributed by atoms with E-state index in [-0.39, 0.29) is 18.1 Å². The van der Waals surface area contributed by atoms with E-state index < -0.39 is 0 Å². The first-order valence-electron chi connectivity index (χ1n) is 8.99. The number of amides is 1. The lowest BCUT2D eigenvalue weighted by Gasteiger charge is -2.16. The maximum Gasteiger partial charge on any atom is 0.278 e. The van der Waals surface area contributed by atoms with E-state index in [2.05, 4.69) is 15.2 Å². The summed E-state index contributed by atoms with van der Waals surface area (Å²) in [4.78, 5) is 18.9. The molecule has 138 valence electrons. The van der Waals surface area contributed by atoms with Gasteiger partial charge in [0.1, 0.15) is 5.82 Å². The molecule has 5 rings (SSSR count). The van der Waals surface area contributed by atoms with Gasteiger partial charge in [-0.05, 0) is 30.5 Å². The molecule has 0 bridgehead atoms. The molecule has 1 saturated carbocycles. The Kier molecular flexibility index (Phi) is 3.60. The number of fused-ring (bicyclic) bond motifs is 1. The zero-order chi connectivity index (χ0) is 18.5. The monoisotopic (exact) mass is 367 g/mol. The zero-order valence-corrected chi connectivity index (χ0v) is 14.9. The van der Waals surface area contributed by atoms with Crippen LogP contribution in [0.1, 0.15) is 41.4 Å². The number of hydrogen-bond donors (Lipinski definition) is 0. The SMILES string of the molecule is Cn1nc(-c2nc(C3CC3)no2)c2c1CN(C(=O)Cc1cccc(F)c1)C2. The second kappa shape index (κ2) is 6.00. The molecule has 1 amide bonds. The Morgan fingerprint density at radius 3 is 2.96 bits per heavy atom. The molecular weight excluding hydrogens is 349 g/mol. The summed E-state index contributed by atoms with van der Waals surface area (Å²) < 4.78 is 20.5. The predicted octanol–water partition coefficient (Wildman–Crippen LogP) is 2.57. The van der Waals surface area contributed by atoms with Gasteiger partial charge in [0.2, 0.25) is 5.91 Å². The molecule has 27 heavy (non-hydrogen) atoms. The summed E-state index contributed by atoms with van der Waals surface area (Å²) in [5.41, 5.74) is 3.22. The second-order valence-corrected chi connectivity index (χ2v) is 7.19. The quantitative estimate of drug-likeness (QED) is 0.708. The lowest BCUT2D eigenvalue weighted by molar-refractivity contribution is -0.131. The van der Waals surface area contributed by atoms with Gasteiger partial charge in [0.25, 0.3) is 5.89 Å². The van der Waals surface area contributed by atoms with E-state index in [1.807, 2.05) is 7.05 Å². The van der Waals surface area contributed by atoms with E-state index in [4.69, 9.17) is 4.52 Å². The summed E-state index contributed by atoms with van der Waals surface area (Å²) in [7, 11) is 1.85. The van der Waals surface area contributed by atoms with E-state index in [9.17, 15) is 9.18 Å². The number of benzene rings is 1. The molecule has 1 fully saturated rings. The molecule has 2 aromatic heterocycles. The summed E-state index contributed by atoms with van der Waals surface area (Å²) in [5.74, 6) is 1.17. The molecular formula is C19H18FN5O2. The Balaban J connectivity index is 1.37. The first-order chi connectivity index (χ1) is 13.1. The smallest absolute Gasteiger partial charge is 0.278 e. The van der Waals surface area contributed by atoms with Crippen molar-refractivity contribution in [3.05, 3.63) is 52.7 Å². The molecule has 0 atom stereocenters. The third kappa shape index (κ3) is 2.90. The van der Waals surface area contributed by atoms with Crippen LogP contribution in [0.2, 0.25) is 0 Å². The Bertz CT molecular complexity index is 1040. The molecule has 0 saturated heterocycles. The Hall–Kier alpha value is -3.03. The first kappa shape index (κ1) is 16.2. The summed E-state index contributed by atoms with van der Waals surface area (Å²) >= 11 is 0. The van der Waals surface area contributed by atoms with Gasteiger partial charge < -0.3 is 9.42 Å². The molecule has 1 aliphatic heterocycles. The highest BCUT2D eigenvalue weighted by Gasteiger charge is 2.34. The van der Waals surface area contributed by atoms with Gasteiger partial charge in [-0.15, -0.1) is 0 Å². The highest BCUT2D eigenvalue weighted by Crippen LogP contribution is 2.39. The lowest BCUT2D eigenvalue weighted by Crippen LogP contribution is -2.27. The fourth-order valence-electron chi connectivity index (χ4n) is 3.51. The highest BCUT2D eigenvalue weighted by molar-refractivity contribution is 5.80. The average Bonchev–Trinajstić information content (AvgIpc) is 3.09. The third-order valence-electron chi connectivity index (χ3n) is 5.15. The van der Waals surface area contributed by atoms with Crippen LogP contribution < -0.4 is 0 Å². The molecule has 8 heteroatoms. The number of carbonyl (C=O) groups is 1. The molecule has 0 N–H and O–H groups in total. The summed E-state index contributed by atoms with van der Waals surface area (Å²) in [6.07, 6.45) is 2.37. The van der Waals surface area contributed by atoms with Crippen molar-refractivity contribution >= 4 is 5.91 Å². The van der Waals surface area contributed by atoms with Crippen LogP contribution in [0, 0.1) is 5.82 Å². The maximum atomic E-state index is 13.4. The van der Waals surface area contributed by atoms with Crippen LogP contribution in [0.3, 0.4) is 0 Å². The van der Waals surface area contributed by atoms with Gasteiger partial charge in [0.05, 0.1) is 25.2 Å². The standard InChI is InChI=1S/C19H18FN5O2/c1-24-15-10-25(16(26)8-11-3-2-4-13(20)7-11)9-14(15)17(22-24)19-21-18(23-27-19)12-5-6-12/h2-4,7,12H,5-6,8-10H2,1H3. The Labute approximate surface area is 154 Å². The van der Waals surface area contributed by atoms with Crippen LogP contribution >= 0.6 is 0 Å². The van der Waals surface area contributed by atoms with E-state index in [1.165, 1.54) is 12.1 Å². The van der Waals surface area contributed by atoms with Gasteiger partial charge in [0, 0.05) is 18.5 Å². The van der Waals surface area contributed by atoms with Gasteiger partial charge in [-0.25, -0.2) is 4.39 Å².